The Morgan fingerprint density at radius 2 is 2.00 bits per heavy atom. The van der Waals surface area contributed by atoms with Crippen molar-refractivity contribution in [3.8, 4) is 0 Å². The molecule has 1 amide bonds. The van der Waals surface area contributed by atoms with E-state index in [2.05, 4.69) is 0 Å². The monoisotopic (exact) mass is 200 g/mol. The normalized spacial score (nSPS) is 19.0. The maximum Gasteiger partial charge on any atom is 0.236 e. The molecule has 0 aromatic rings. The number of piperidine rings is 1. The molecule has 0 bridgehead atoms. The zero-order valence-electron chi connectivity index (χ0n) is 9.07. The molecule has 82 valence electrons. The molecule has 0 spiro atoms. The van der Waals surface area contributed by atoms with Crippen molar-refractivity contribution in [2.45, 2.75) is 12.8 Å². The number of rotatable bonds is 3. The number of likely N-dealkylation sites (N-methyl/N-ethyl adjacent to an activating group) is 1. The number of likely N-dealkylation sites (tertiary alicyclic amines) is 1. The number of amides is 1. The number of carbonyl (C=O) groups excluding carboxylic acids is 1. The molecule has 0 saturated carbocycles. The molecule has 0 aromatic heterocycles. The summed E-state index contributed by atoms with van der Waals surface area (Å²) < 4.78 is 0. The number of carbonyl (C=O) groups is 1. The predicted molar refractivity (Wildman–Crippen MR) is 54.9 cm³/mol. The smallest absolute Gasteiger partial charge is 0.236 e. The molecule has 0 atom stereocenters. The lowest BCUT2D eigenvalue weighted by molar-refractivity contribution is -0.133. The van der Waals surface area contributed by atoms with E-state index in [1.165, 1.54) is 0 Å². The van der Waals surface area contributed by atoms with Crippen molar-refractivity contribution in [1.82, 2.24) is 9.80 Å². The van der Waals surface area contributed by atoms with Gasteiger partial charge in [0, 0.05) is 19.7 Å². The topological polar surface area (TPSA) is 43.8 Å². The predicted octanol–water partition coefficient (Wildman–Crippen LogP) is -0.221. The zero-order chi connectivity index (χ0) is 10.6. The van der Waals surface area contributed by atoms with Crippen LogP contribution in [0.25, 0.3) is 0 Å². The van der Waals surface area contributed by atoms with E-state index in [4.69, 9.17) is 5.11 Å². The molecule has 0 aliphatic carbocycles. The van der Waals surface area contributed by atoms with Crippen LogP contribution in [-0.2, 0) is 4.79 Å². The minimum Gasteiger partial charge on any atom is -0.396 e. The van der Waals surface area contributed by atoms with E-state index in [9.17, 15) is 4.79 Å². The average Bonchev–Trinajstić information content (AvgIpc) is 2.17. The van der Waals surface area contributed by atoms with Crippen LogP contribution in [0.15, 0.2) is 0 Å². The molecule has 4 nitrogen and oxygen atoms in total. The van der Waals surface area contributed by atoms with E-state index >= 15 is 0 Å². The molecule has 14 heavy (non-hydrogen) atoms. The molecule has 1 aliphatic rings. The van der Waals surface area contributed by atoms with Crippen molar-refractivity contribution in [3.63, 3.8) is 0 Å². The van der Waals surface area contributed by atoms with E-state index in [0.29, 0.717) is 12.5 Å². The van der Waals surface area contributed by atoms with Gasteiger partial charge < -0.3 is 14.9 Å². The number of aliphatic hydroxyl groups excluding tert-OH is 1. The molecule has 1 N–H and O–H groups in total. The fraction of sp³-hybridized carbons (Fsp3) is 0.900. The van der Waals surface area contributed by atoms with Crippen molar-refractivity contribution in [3.05, 3.63) is 0 Å². The number of aliphatic hydroxyl groups is 1. The summed E-state index contributed by atoms with van der Waals surface area (Å²) in [5.41, 5.74) is 0. The van der Waals surface area contributed by atoms with Crippen molar-refractivity contribution in [2.75, 3.05) is 40.3 Å². The summed E-state index contributed by atoms with van der Waals surface area (Å²) in [6.45, 7) is 2.36. The summed E-state index contributed by atoms with van der Waals surface area (Å²) in [6, 6.07) is 0. The third-order valence-corrected chi connectivity index (χ3v) is 2.68. The third-order valence-electron chi connectivity index (χ3n) is 2.68. The summed E-state index contributed by atoms with van der Waals surface area (Å²) >= 11 is 0. The molecule has 1 rings (SSSR count). The fourth-order valence-electron chi connectivity index (χ4n) is 1.74. The van der Waals surface area contributed by atoms with Gasteiger partial charge in [-0.15, -0.1) is 0 Å². The largest absolute Gasteiger partial charge is 0.396 e. The maximum atomic E-state index is 11.6. The lowest BCUT2D eigenvalue weighted by Gasteiger charge is -2.31. The highest BCUT2D eigenvalue weighted by molar-refractivity contribution is 5.78. The van der Waals surface area contributed by atoms with Gasteiger partial charge in [-0.3, -0.25) is 4.79 Å². The Kier molecular flexibility index (Phi) is 4.35. The second kappa shape index (κ2) is 5.32. The Morgan fingerprint density at radius 1 is 1.43 bits per heavy atom. The van der Waals surface area contributed by atoms with Gasteiger partial charge in [0.15, 0.2) is 0 Å². The maximum absolute atomic E-state index is 11.6. The van der Waals surface area contributed by atoms with Gasteiger partial charge in [0.05, 0.1) is 6.54 Å². The van der Waals surface area contributed by atoms with E-state index < -0.39 is 0 Å². The molecule has 4 heteroatoms. The summed E-state index contributed by atoms with van der Waals surface area (Å²) in [6.07, 6.45) is 1.88. The third kappa shape index (κ3) is 3.27. The fourth-order valence-corrected chi connectivity index (χ4v) is 1.74. The van der Waals surface area contributed by atoms with Crippen molar-refractivity contribution in [2.24, 2.45) is 5.92 Å². The van der Waals surface area contributed by atoms with E-state index in [1.807, 2.05) is 23.9 Å². The number of nitrogens with zero attached hydrogens (tertiary/aromatic N) is 2. The molecule has 1 fully saturated rings. The number of hydrogen-bond acceptors (Lipinski definition) is 3. The highest BCUT2D eigenvalue weighted by Crippen LogP contribution is 2.16. The van der Waals surface area contributed by atoms with Crippen LogP contribution in [0.5, 0.6) is 0 Å². The highest BCUT2D eigenvalue weighted by Gasteiger charge is 2.21. The van der Waals surface area contributed by atoms with Gasteiger partial charge in [-0.1, -0.05) is 0 Å². The number of hydrogen-bond donors (Lipinski definition) is 1. The van der Waals surface area contributed by atoms with E-state index in [-0.39, 0.29) is 12.5 Å². The Morgan fingerprint density at radius 3 is 2.43 bits per heavy atom. The molecular formula is C10H20N2O2. The SMILES string of the molecule is CN(C)CC(=O)N1CCC(CO)CC1. The minimum absolute atomic E-state index is 0.200. The second-order valence-corrected chi connectivity index (χ2v) is 4.24. The zero-order valence-corrected chi connectivity index (χ0v) is 9.07. The van der Waals surface area contributed by atoms with Crippen LogP contribution in [0.1, 0.15) is 12.8 Å². The molecule has 1 heterocycles. The van der Waals surface area contributed by atoms with Gasteiger partial charge in [0.1, 0.15) is 0 Å². The lowest BCUT2D eigenvalue weighted by Crippen LogP contribution is -2.43. The quantitative estimate of drug-likeness (QED) is 0.685. The van der Waals surface area contributed by atoms with E-state index in [0.717, 1.165) is 25.9 Å². The van der Waals surface area contributed by atoms with Gasteiger partial charge in [-0.2, -0.15) is 0 Å². The van der Waals surface area contributed by atoms with Crippen LogP contribution in [0.4, 0.5) is 0 Å². The molecule has 0 aromatic carbocycles. The first-order valence-corrected chi connectivity index (χ1v) is 5.17. The van der Waals surface area contributed by atoms with Crippen LogP contribution in [0.2, 0.25) is 0 Å². The standard InChI is InChI=1S/C10H20N2O2/c1-11(2)7-10(14)12-5-3-9(8-13)4-6-12/h9,13H,3-8H2,1-2H3. The molecule has 0 unspecified atom stereocenters. The van der Waals surface area contributed by atoms with Crippen LogP contribution in [0, 0.1) is 5.92 Å². The molecule has 0 radical (unpaired) electrons. The minimum atomic E-state index is 0.200. The lowest BCUT2D eigenvalue weighted by atomic mass is 9.98. The summed E-state index contributed by atoms with van der Waals surface area (Å²) in [7, 11) is 3.80. The van der Waals surface area contributed by atoms with Gasteiger partial charge in [0.25, 0.3) is 0 Å². The van der Waals surface area contributed by atoms with Crippen LogP contribution >= 0.6 is 0 Å². The first kappa shape index (κ1) is 11.5. The Balaban J connectivity index is 2.30. The van der Waals surface area contributed by atoms with Crippen molar-refractivity contribution >= 4 is 5.91 Å². The van der Waals surface area contributed by atoms with Gasteiger partial charge in [-0.05, 0) is 32.9 Å². The summed E-state index contributed by atoms with van der Waals surface area (Å²) in [4.78, 5) is 15.4. The van der Waals surface area contributed by atoms with Crippen LogP contribution < -0.4 is 0 Å². The van der Waals surface area contributed by atoms with Crippen molar-refractivity contribution in [1.29, 1.82) is 0 Å². The molecule has 1 saturated heterocycles. The summed E-state index contributed by atoms with van der Waals surface area (Å²) in [5, 5.41) is 8.95. The Hall–Kier alpha value is -0.610. The second-order valence-electron chi connectivity index (χ2n) is 4.24. The Labute approximate surface area is 85.5 Å². The van der Waals surface area contributed by atoms with Gasteiger partial charge in [0.2, 0.25) is 5.91 Å². The van der Waals surface area contributed by atoms with Gasteiger partial charge in [-0.25, -0.2) is 0 Å². The molecule has 1 aliphatic heterocycles. The van der Waals surface area contributed by atoms with Crippen LogP contribution in [0.3, 0.4) is 0 Å². The average molecular weight is 200 g/mol. The van der Waals surface area contributed by atoms with Crippen LogP contribution in [-0.4, -0.2) is 61.2 Å². The van der Waals surface area contributed by atoms with Gasteiger partial charge >= 0.3 is 0 Å². The van der Waals surface area contributed by atoms with Crippen molar-refractivity contribution < 1.29 is 9.90 Å². The summed E-state index contributed by atoms with van der Waals surface area (Å²) in [5.74, 6) is 0.602. The molecular weight excluding hydrogens is 180 g/mol. The first-order chi connectivity index (χ1) is 6.63. The highest BCUT2D eigenvalue weighted by atomic mass is 16.3. The Bertz CT molecular complexity index is 187. The van der Waals surface area contributed by atoms with E-state index in [1.54, 1.807) is 0 Å². The first-order valence-electron chi connectivity index (χ1n) is 5.17.